The van der Waals surface area contributed by atoms with Crippen LogP contribution in [0, 0.1) is 0 Å². The lowest BCUT2D eigenvalue weighted by Crippen LogP contribution is -2.46. The van der Waals surface area contributed by atoms with Gasteiger partial charge in [-0.15, -0.1) is 0 Å². The van der Waals surface area contributed by atoms with Gasteiger partial charge in [0.25, 0.3) is 5.91 Å². The van der Waals surface area contributed by atoms with Crippen molar-refractivity contribution in [3.8, 4) is 0 Å². The van der Waals surface area contributed by atoms with Crippen LogP contribution in [0.25, 0.3) is 0 Å². The summed E-state index contributed by atoms with van der Waals surface area (Å²) in [7, 11) is -2.07. The van der Waals surface area contributed by atoms with Gasteiger partial charge in [-0.25, -0.2) is 8.42 Å². The molecule has 0 spiro atoms. The quantitative estimate of drug-likeness (QED) is 0.789. The summed E-state index contributed by atoms with van der Waals surface area (Å²) < 4.78 is 31.8. The molecule has 1 heterocycles. The van der Waals surface area contributed by atoms with E-state index in [1.54, 1.807) is 0 Å². The smallest absolute Gasteiger partial charge is 0.254 e. The maximum absolute atomic E-state index is 12.6. The number of carbonyl (C=O) groups is 2. The summed E-state index contributed by atoms with van der Waals surface area (Å²) in [6.07, 6.45) is 0. The molecule has 1 N–H and O–H groups in total. The van der Waals surface area contributed by atoms with Crippen LogP contribution in [0.1, 0.15) is 31.1 Å². The molecule has 0 atom stereocenters. The lowest BCUT2D eigenvalue weighted by molar-refractivity contribution is -0.122. The Bertz CT molecular complexity index is 778. The van der Waals surface area contributed by atoms with Gasteiger partial charge >= 0.3 is 0 Å². The van der Waals surface area contributed by atoms with E-state index in [0.29, 0.717) is 31.9 Å². The van der Waals surface area contributed by atoms with Crippen molar-refractivity contribution in [3.05, 3.63) is 29.8 Å². The van der Waals surface area contributed by atoms with Gasteiger partial charge in [-0.2, -0.15) is 4.31 Å². The topological polar surface area (TPSA) is 96.0 Å². The van der Waals surface area contributed by atoms with Crippen molar-refractivity contribution < 1.29 is 22.7 Å². The van der Waals surface area contributed by atoms with Gasteiger partial charge in [0.1, 0.15) is 0 Å². The van der Waals surface area contributed by atoms with E-state index >= 15 is 0 Å². The number of rotatable bonds is 5. The normalized spacial score (nSPS) is 16.0. The predicted molar refractivity (Wildman–Crippen MR) is 101 cm³/mol. The zero-order valence-electron chi connectivity index (χ0n) is 16.2. The Hall–Kier alpha value is -1.97. The van der Waals surface area contributed by atoms with E-state index in [-0.39, 0.29) is 28.8 Å². The number of morpholine rings is 1. The van der Waals surface area contributed by atoms with Crippen LogP contribution in [0.2, 0.25) is 0 Å². The number of likely N-dealkylation sites (N-methyl/N-ethyl adjacent to an activating group) is 1. The van der Waals surface area contributed by atoms with Crippen LogP contribution in [0.4, 0.5) is 0 Å². The van der Waals surface area contributed by atoms with Gasteiger partial charge in [0.15, 0.2) is 0 Å². The Morgan fingerprint density at radius 3 is 2.22 bits per heavy atom. The van der Waals surface area contributed by atoms with E-state index in [9.17, 15) is 18.0 Å². The summed E-state index contributed by atoms with van der Waals surface area (Å²) in [4.78, 5) is 25.9. The number of hydrogen-bond acceptors (Lipinski definition) is 5. The minimum Gasteiger partial charge on any atom is -0.379 e. The standard InChI is InChI=1S/C18H27N3O5S/c1-18(2,3)19-16(22)13-20(4)17(23)14-5-7-15(8-6-14)27(24,25)21-9-11-26-12-10-21/h5-8H,9-13H2,1-4H3,(H,19,22). The molecule has 0 bridgehead atoms. The summed E-state index contributed by atoms with van der Waals surface area (Å²) in [5, 5.41) is 2.79. The second-order valence-electron chi connectivity index (χ2n) is 7.50. The number of sulfonamides is 1. The molecule has 1 aliphatic heterocycles. The predicted octanol–water partition coefficient (Wildman–Crippen LogP) is 0.694. The molecule has 1 saturated heterocycles. The first-order valence-corrected chi connectivity index (χ1v) is 10.2. The summed E-state index contributed by atoms with van der Waals surface area (Å²) in [5.74, 6) is -0.612. The highest BCUT2D eigenvalue weighted by Gasteiger charge is 2.26. The van der Waals surface area contributed by atoms with Gasteiger partial charge in [0.05, 0.1) is 24.7 Å². The Balaban J connectivity index is 2.05. The molecule has 150 valence electrons. The minimum absolute atomic E-state index is 0.0794. The van der Waals surface area contributed by atoms with Gasteiger partial charge in [-0.05, 0) is 45.0 Å². The molecule has 1 aliphatic rings. The summed E-state index contributed by atoms with van der Waals surface area (Å²) in [6.45, 7) is 6.88. The third-order valence-electron chi connectivity index (χ3n) is 3.95. The van der Waals surface area contributed by atoms with Crippen LogP contribution in [-0.4, -0.2) is 74.9 Å². The molecule has 2 amide bonds. The highest BCUT2D eigenvalue weighted by Crippen LogP contribution is 2.18. The lowest BCUT2D eigenvalue weighted by Gasteiger charge is -2.26. The monoisotopic (exact) mass is 397 g/mol. The van der Waals surface area contributed by atoms with E-state index < -0.39 is 10.0 Å². The van der Waals surface area contributed by atoms with Crippen LogP contribution >= 0.6 is 0 Å². The van der Waals surface area contributed by atoms with Crippen LogP contribution in [0.3, 0.4) is 0 Å². The molecule has 0 unspecified atom stereocenters. The molecule has 8 nitrogen and oxygen atoms in total. The zero-order valence-corrected chi connectivity index (χ0v) is 17.0. The van der Waals surface area contributed by atoms with E-state index in [2.05, 4.69) is 5.32 Å². The molecule has 0 radical (unpaired) electrons. The van der Waals surface area contributed by atoms with E-state index in [4.69, 9.17) is 4.74 Å². The van der Waals surface area contributed by atoms with Gasteiger partial charge < -0.3 is 15.0 Å². The second-order valence-corrected chi connectivity index (χ2v) is 9.44. The average molecular weight is 397 g/mol. The number of benzene rings is 1. The number of amides is 2. The molecule has 0 aliphatic carbocycles. The molecule has 1 fully saturated rings. The average Bonchev–Trinajstić information content (AvgIpc) is 2.60. The van der Waals surface area contributed by atoms with Crippen LogP contribution < -0.4 is 5.32 Å². The number of hydrogen-bond donors (Lipinski definition) is 1. The molecule has 1 aromatic rings. The maximum Gasteiger partial charge on any atom is 0.254 e. The van der Waals surface area contributed by atoms with Gasteiger partial charge in [-0.1, -0.05) is 0 Å². The Morgan fingerprint density at radius 1 is 1.15 bits per heavy atom. The molecule has 9 heteroatoms. The van der Waals surface area contributed by atoms with Crippen molar-refractivity contribution in [2.75, 3.05) is 39.9 Å². The van der Waals surface area contributed by atoms with Crippen LogP contribution in [0.15, 0.2) is 29.2 Å². The summed E-state index contributed by atoms with van der Waals surface area (Å²) in [5.41, 5.74) is -0.0572. The van der Waals surface area contributed by atoms with E-state index in [1.807, 2.05) is 20.8 Å². The van der Waals surface area contributed by atoms with Crippen molar-refractivity contribution in [2.45, 2.75) is 31.2 Å². The van der Waals surface area contributed by atoms with E-state index in [0.717, 1.165) is 0 Å². The van der Waals surface area contributed by atoms with Gasteiger partial charge in [0.2, 0.25) is 15.9 Å². The second kappa shape index (κ2) is 8.37. The Kier molecular flexibility index (Phi) is 6.61. The van der Waals surface area contributed by atoms with Crippen molar-refractivity contribution >= 4 is 21.8 Å². The molecular formula is C18H27N3O5S. The zero-order chi connectivity index (χ0) is 20.2. The summed E-state index contributed by atoms with van der Waals surface area (Å²) >= 11 is 0. The molecule has 27 heavy (non-hydrogen) atoms. The fraction of sp³-hybridized carbons (Fsp3) is 0.556. The molecule has 2 rings (SSSR count). The van der Waals surface area contributed by atoms with Crippen molar-refractivity contribution in [1.29, 1.82) is 0 Å². The SMILES string of the molecule is CN(CC(=O)NC(C)(C)C)C(=O)c1ccc(S(=O)(=O)N2CCOCC2)cc1. The Morgan fingerprint density at radius 2 is 1.70 bits per heavy atom. The van der Waals surface area contributed by atoms with Crippen molar-refractivity contribution in [1.82, 2.24) is 14.5 Å². The number of nitrogens with zero attached hydrogens (tertiary/aromatic N) is 2. The third-order valence-corrected chi connectivity index (χ3v) is 5.86. The highest BCUT2D eigenvalue weighted by molar-refractivity contribution is 7.89. The largest absolute Gasteiger partial charge is 0.379 e. The van der Waals surface area contributed by atoms with E-state index in [1.165, 1.54) is 40.5 Å². The molecule has 1 aromatic carbocycles. The third kappa shape index (κ3) is 5.75. The van der Waals surface area contributed by atoms with Gasteiger partial charge in [-0.3, -0.25) is 9.59 Å². The van der Waals surface area contributed by atoms with Crippen molar-refractivity contribution in [2.24, 2.45) is 0 Å². The highest BCUT2D eigenvalue weighted by atomic mass is 32.2. The van der Waals surface area contributed by atoms with Crippen LogP contribution in [0.5, 0.6) is 0 Å². The summed E-state index contributed by atoms with van der Waals surface area (Å²) in [6, 6.07) is 5.77. The maximum atomic E-state index is 12.6. The first kappa shape index (κ1) is 21.3. The first-order chi connectivity index (χ1) is 12.5. The number of ether oxygens (including phenoxy) is 1. The van der Waals surface area contributed by atoms with Crippen molar-refractivity contribution in [3.63, 3.8) is 0 Å². The minimum atomic E-state index is -3.60. The number of carbonyl (C=O) groups excluding carboxylic acids is 2. The number of nitrogens with one attached hydrogen (secondary N) is 1. The van der Waals surface area contributed by atoms with Gasteiger partial charge in [0, 0.05) is 31.2 Å². The fourth-order valence-corrected chi connectivity index (χ4v) is 4.08. The fourth-order valence-electron chi connectivity index (χ4n) is 2.67. The molecule has 0 aromatic heterocycles. The Labute approximate surface area is 160 Å². The lowest BCUT2D eigenvalue weighted by atomic mass is 10.1. The molecular weight excluding hydrogens is 370 g/mol. The first-order valence-electron chi connectivity index (χ1n) is 8.75. The van der Waals surface area contributed by atoms with Crippen LogP contribution in [-0.2, 0) is 19.6 Å². The molecule has 0 saturated carbocycles.